The largest absolute Gasteiger partial charge is 0.478 e. The number of carboxylic acids is 1. The minimum atomic E-state index is -0.873. The topological polar surface area (TPSA) is 42.2 Å². The first kappa shape index (κ1) is 9.77. The van der Waals surface area contributed by atoms with Gasteiger partial charge in [0.05, 0.1) is 5.56 Å². The molecule has 0 amide bonds. The second-order valence-corrected chi connectivity index (χ2v) is 3.86. The third-order valence-corrected chi connectivity index (χ3v) is 2.55. The molecule has 0 bridgehead atoms. The zero-order valence-electron chi connectivity index (χ0n) is 8.77. The van der Waals surface area contributed by atoms with Gasteiger partial charge in [0.2, 0.25) is 0 Å². The van der Waals surface area contributed by atoms with E-state index in [1.807, 2.05) is 18.3 Å². The van der Waals surface area contributed by atoms with Crippen molar-refractivity contribution in [2.45, 2.75) is 19.9 Å². The van der Waals surface area contributed by atoms with E-state index in [1.54, 1.807) is 12.1 Å². The zero-order valence-corrected chi connectivity index (χ0v) is 8.77. The fourth-order valence-corrected chi connectivity index (χ4v) is 1.83. The Kier molecular flexibility index (Phi) is 2.23. The first-order valence-electron chi connectivity index (χ1n) is 4.94. The van der Waals surface area contributed by atoms with Crippen LogP contribution in [-0.2, 0) is 0 Å². The Bertz CT molecular complexity index is 511. The van der Waals surface area contributed by atoms with Crippen LogP contribution >= 0.6 is 0 Å². The molecule has 2 aromatic rings. The maximum atomic E-state index is 11.0. The van der Waals surface area contributed by atoms with Gasteiger partial charge in [-0.15, -0.1) is 0 Å². The molecule has 0 atom stereocenters. The Balaban J connectivity index is 2.74. The summed E-state index contributed by atoms with van der Waals surface area (Å²) in [6.45, 7) is 4.15. The van der Waals surface area contributed by atoms with Crippen LogP contribution < -0.4 is 0 Å². The fourth-order valence-electron chi connectivity index (χ4n) is 1.83. The molecule has 0 saturated heterocycles. The Morgan fingerprint density at radius 1 is 1.33 bits per heavy atom. The smallest absolute Gasteiger partial charge is 0.336 e. The van der Waals surface area contributed by atoms with E-state index >= 15 is 0 Å². The van der Waals surface area contributed by atoms with E-state index in [-0.39, 0.29) is 0 Å². The molecule has 1 heterocycles. The van der Waals surface area contributed by atoms with Crippen molar-refractivity contribution in [3.63, 3.8) is 0 Å². The molecule has 1 N–H and O–H groups in total. The highest BCUT2D eigenvalue weighted by molar-refractivity contribution is 6.02. The summed E-state index contributed by atoms with van der Waals surface area (Å²) in [5, 5.41) is 9.83. The number of aromatic carboxylic acids is 1. The van der Waals surface area contributed by atoms with Gasteiger partial charge in [-0.05, 0) is 32.0 Å². The molecule has 0 spiro atoms. The van der Waals surface area contributed by atoms with E-state index in [1.165, 1.54) is 0 Å². The number of carboxylic acid groups (broad SMARTS) is 1. The van der Waals surface area contributed by atoms with Gasteiger partial charge in [-0.25, -0.2) is 4.79 Å². The standard InChI is InChI=1S/C12H13NO2/c1-8(2)13-7-6-9-10(12(14)15)4-3-5-11(9)13/h3-8H,1-2H3,(H,14,15). The van der Waals surface area contributed by atoms with E-state index in [9.17, 15) is 4.79 Å². The molecule has 15 heavy (non-hydrogen) atoms. The van der Waals surface area contributed by atoms with Crippen molar-refractivity contribution in [2.24, 2.45) is 0 Å². The molecule has 0 radical (unpaired) electrons. The molecule has 3 nitrogen and oxygen atoms in total. The van der Waals surface area contributed by atoms with Crippen molar-refractivity contribution in [1.29, 1.82) is 0 Å². The molecule has 3 heteroatoms. The highest BCUT2D eigenvalue weighted by Gasteiger charge is 2.11. The van der Waals surface area contributed by atoms with Gasteiger partial charge in [0.25, 0.3) is 0 Å². The summed E-state index contributed by atoms with van der Waals surface area (Å²) in [4.78, 5) is 11.0. The summed E-state index contributed by atoms with van der Waals surface area (Å²) in [7, 11) is 0. The molecular weight excluding hydrogens is 190 g/mol. The summed E-state index contributed by atoms with van der Waals surface area (Å²) in [6, 6.07) is 7.56. The number of benzene rings is 1. The van der Waals surface area contributed by atoms with Crippen LogP contribution in [0.15, 0.2) is 30.5 Å². The van der Waals surface area contributed by atoms with E-state index in [0.29, 0.717) is 11.6 Å². The predicted molar refractivity (Wildman–Crippen MR) is 59.3 cm³/mol. The van der Waals surface area contributed by atoms with Gasteiger partial charge in [0.15, 0.2) is 0 Å². The number of fused-ring (bicyclic) bond motifs is 1. The molecule has 0 aliphatic carbocycles. The Morgan fingerprint density at radius 2 is 2.07 bits per heavy atom. The molecule has 0 aliphatic rings. The van der Waals surface area contributed by atoms with Gasteiger partial charge in [-0.3, -0.25) is 0 Å². The summed E-state index contributed by atoms with van der Waals surface area (Å²) in [5.41, 5.74) is 1.34. The van der Waals surface area contributed by atoms with Crippen molar-refractivity contribution in [2.75, 3.05) is 0 Å². The van der Waals surface area contributed by atoms with Crippen molar-refractivity contribution < 1.29 is 9.90 Å². The van der Waals surface area contributed by atoms with Crippen molar-refractivity contribution >= 4 is 16.9 Å². The molecule has 0 fully saturated rings. The number of hydrogen-bond donors (Lipinski definition) is 1. The van der Waals surface area contributed by atoms with Crippen molar-refractivity contribution in [3.8, 4) is 0 Å². The SMILES string of the molecule is CC(C)n1ccc2c(C(=O)O)cccc21. The molecule has 1 aromatic heterocycles. The highest BCUT2D eigenvalue weighted by atomic mass is 16.4. The van der Waals surface area contributed by atoms with Gasteiger partial charge in [-0.2, -0.15) is 0 Å². The number of aromatic nitrogens is 1. The third kappa shape index (κ3) is 1.50. The quantitative estimate of drug-likeness (QED) is 0.815. The second kappa shape index (κ2) is 3.42. The molecule has 0 unspecified atom stereocenters. The van der Waals surface area contributed by atoms with Crippen LogP contribution in [-0.4, -0.2) is 15.6 Å². The predicted octanol–water partition coefficient (Wildman–Crippen LogP) is 2.92. The van der Waals surface area contributed by atoms with Crippen LogP contribution in [0.5, 0.6) is 0 Å². The minimum Gasteiger partial charge on any atom is -0.478 e. The lowest BCUT2D eigenvalue weighted by Gasteiger charge is -2.09. The van der Waals surface area contributed by atoms with E-state index < -0.39 is 5.97 Å². The van der Waals surface area contributed by atoms with Crippen LogP contribution in [0.1, 0.15) is 30.2 Å². The highest BCUT2D eigenvalue weighted by Crippen LogP contribution is 2.23. The normalized spacial score (nSPS) is 11.1. The van der Waals surface area contributed by atoms with Crippen LogP contribution in [0.25, 0.3) is 10.9 Å². The zero-order chi connectivity index (χ0) is 11.0. The van der Waals surface area contributed by atoms with Gasteiger partial charge < -0.3 is 9.67 Å². The van der Waals surface area contributed by atoms with Gasteiger partial charge >= 0.3 is 5.97 Å². The lowest BCUT2D eigenvalue weighted by Crippen LogP contribution is -2.00. The molecule has 2 rings (SSSR count). The summed E-state index contributed by atoms with van der Waals surface area (Å²) >= 11 is 0. The van der Waals surface area contributed by atoms with Crippen LogP contribution in [0.4, 0.5) is 0 Å². The fraction of sp³-hybridized carbons (Fsp3) is 0.250. The Morgan fingerprint density at radius 3 is 2.67 bits per heavy atom. The van der Waals surface area contributed by atoms with Crippen LogP contribution in [0.3, 0.4) is 0 Å². The first-order chi connectivity index (χ1) is 7.11. The van der Waals surface area contributed by atoms with Crippen molar-refractivity contribution in [3.05, 3.63) is 36.0 Å². The summed E-state index contributed by atoms with van der Waals surface area (Å²) in [5.74, 6) is -0.873. The maximum absolute atomic E-state index is 11.0. The monoisotopic (exact) mass is 203 g/mol. The van der Waals surface area contributed by atoms with E-state index in [2.05, 4.69) is 18.4 Å². The lowest BCUT2D eigenvalue weighted by molar-refractivity contribution is 0.0699. The minimum absolute atomic E-state index is 0.339. The summed E-state index contributed by atoms with van der Waals surface area (Å²) < 4.78 is 2.07. The number of carbonyl (C=O) groups is 1. The van der Waals surface area contributed by atoms with Gasteiger partial charge in [0, 0.05) is 23.1 Å². The molecule has 0 aliphatic heterocycles. The third-order valence-electron chi connectivity index (χ3n) is 2.55. The molecule has 0 saturated carbocycles. The average Bonchev–Trinajstić information content (AvgIpc) is 2.59. The van der Waals surface area contributed by atoms with Crippen molar-refractivity contribution in [1.82, 2.24) is 4.57 Å². The van der Waals surface area contributed by atoms with Gasteiger partial charge in [-0.1, -0.05) is 6.07 Å². The Labute approximate surface area is 87.9 Å². The van der Waals surface area contributed by atoms with E-state index in [0.717, 1.165) is 10.9 Å². The van der Waals surface area contributed by atoms with Crippen LogP contribution in [0.2, 0.25) is 0 Å². The van der Waals surface area contributed by atoms with Crippen LogP contribution in [0, 0.1) is 0 Å². The second-order valence-electron chi connectivity index (χ2n) is 3.86. The van der Waals surface area contributed by atoms with E-state index in [4.69, 9.17) is 5.11 Å². The summed E-state index contributed by atoms with van der Waals surface area (Å²) in [6.07, 6.45) is 1.93. The average molecular weight is 203 g/mol. The molecule has 1 aromatic carbocycles. The molecular formula is C12H13NO2. The number of nitrogens with zero attached hydrogens (tertiary/aromatic N) is 1. The lowest BCUT2D eigenvalue weighted by atomic mass is 10.1. The first-order valence-corrected chi connectivity index (χ1v) is 4.94. The van der Waals surface area contributed by atoms with Gasteiger partial charge in [0.1, 0.15) is 0 Å². The Hall–Kier alpha value is -1.77. The maximum Gasteiger partial charge on any atom is 0.336 e. The number of rotatable bonds is 2. The number of hydrogen-bond acceptors (Lipinski definition) is 1. The molecule has 78 valence electrons.